The van der Waals surface area contributed by atoms with Crippen molar-refractivity contribution in [2.24, 2.45) is 0 Å². The van der Waals surface area contributed by atoms with E-state index in [9.17, 15) is 9.59 Å². The summed E-state index contributed by atoms with van der Waals surface area (Å²) in [6.45, 7) is 3.68. The number of aromatic nitrogens is 3. The molecule has 1 N–H and O–H groups in total. The second kappa shape index (κ2) is 8.58. The van der Waals surface area contributed by atoms with Crippen LogP contribution in [-0.4, -0.2) is 34.2 Å². The third-order valence-electron chi connectivity index (χ3n) is 5.45. The average molecular weight is 432 g/mol. The van der Waals surface area contributed by atoms with Crippen LogP contribution >= 0.6 is 0 Å². The zero-order chi connectivity index (χ0) is 22.8. The molecule has 0 aliphatic rings. The van der Waals surface area contributed by atoms with Gasteiger partial charge in [0, 0.05) is 35.3 Å². The topological polar surface area (TPSA) is 87.4 Å². The van der Waals surface area contributed by atoms with Gasteiger partial charge in [0.25, 0.3) is 5.56 Å². The van der Waals surface area contributed by atoms with Gasteiger partial charge >= 0.3 is 0 Å². The number of benzene rings is 2. The van der Waals surface area contributed by atoms with Gasteiger partial charge < -0.3 is 14.8 Å². The standard InChI is InChI=1S/C24H24N4O4/c1-15-16(2)28(18-8-6-5-7-9-18)23-22(15)24(30)27(14-25-23)13-21(29)26-17-10-19(31-3)12-20(11-17)32-4/h5-12,14H,13H2,1-4H3,(H,26,29). The van der Waals surface area contributed by atoms with Crippen molar-refractivity contribution in [1.82, 2.24) is 14.1 Å². The first kappa shape index (κ1) is 21.2. The molecule has 164 valence electrons. The largest absolute Gasteiger partial charge is 0.497 e. The zero-order valence-corrected chi connectivity index (χ0v) is 18.4. The molecule has 0 radical (unpaired) electrons. The van der Waals surface area contributed by atoms with Crippen molar-refractivity contribution in [3.05, 3.63) is 76.5 Å². The predicted molar refractivity (Wildman–Crippen MR) is 123 cm³/mol. The molecule has 1 amide bonds. The van der Waals surface area contributed by atoms with Crippen molar-refractivity contribution in [2.75, 3.05) is 19.5 Å². The maximum Gasteiger partial charge on any atom is 0.263 e. The van der Waals surface area contributed by atoms with E-state index in [-0.39, 0.29) is 18.0 Å². The number of hydrogen-bond acceptors (Lipinski definition) is 5. The van der Waals surface area contributed by atoms with E-state index in [2.05, 4.69) is 10.3 Å². The Bertz CT molecular complexity index is 1330. The van der Waals surface area contributed by atoms with Crippen LogP contribution in [0.1, 0.15) is 11.3 Å². The van der Waals surface area contributed by atoms with Crippen LogP contribution < -0.4 is 20.3 Å². The van der Waals surface area contributed by atoms with Gasteiger partial charge in [0.1, 0.15) is 24.4 Å². The molecule has 4 rings (SSSR count). The van der Waals surface area contributed by atoms with Crippen LogP contribution in [0.15, 0.2) is 59.7 Å². The van der Waals surface area contributed by atoms with E-state index in [1.54, 1.807) is 18.2 Å². The highest BCUT2D eigenvalue weighted by molar-refractivity contribution is 5.91. The normalized spacial score (nSPS) is 10.9. The Morgan fingerprint density at radius 1 is 1.03 bits per heavy atom. The fraction of sp³-hybridized carbons (Fsp3) is 0.208. The number of nitrogens with one attached hydrogen (secondary N) is 1. The molecule has 0 aliphatic heterocycles. The zero-order valence-electron chi connectivity index (χ0n) is 18.4. The first-order valence-electron chi connectivity index (χ1n) is 10.1. The molecule has 2 aromatic heterocycles. The van der Waals surface area contributed by atoms with Crippen molar-refractivity contribution >= 4 is 22.6 Å². The Balaban J connectivity index is 1.66. The SMILES string of the molecule is COc1cc(NC(=O)Cn2cnc3c(c(C)c(C)n3-c3ccccc3)c2=O)cc(OC)c1. The number of para-hydroxylation sites is 1. The van der Waals surface area contributed by atoms with Crippen LogP contribution in [0.2, 0.25) is 0 Å². The van der Waals surface area contributed by atoms with Gasteiger partial charge in [0.15, 0.2) is 5.65 Å². The summed E-state index contributed by atoms with van der Waals surface area (Å²) in [5, 5.41) is 3.28. The molecule has 0 saturated heterocycles. The summed E-state index contributed by atoms with van der Waals surface area (Å²) in [6.07, 6.45) is 1.41. The Morgan fingerprint density at radius 3 is 2.31 bits per heavy atom. The molecule has 2 heterocycles. The minimum atomic E-state index is -0.361. The molecule has 4 aromatic rings. The van der Waals surface area contributed by atoms with Gasteiger partial charge in [-0.1, -0.05) is 18.2 Å². The van der Waals surface area contributed by atoms with Gasteiger partial charge in [-0.15, -0.1) is 0 Å². The second-order valence-electron chi connectivity index (χ2n) is 7.41. The predicted octanol–water partition coefficient (Wildman–Crippen LogP) is 3.46. The first-order valence-corrected chi connectivity index (χ1v) is 10.1. The van der Waals surface area contributed by atoms with Crippen molar-refractivity contribution in [3.63, 3.8) is 0 Å². The molecule has 32 heavy (non-hydrogen) atoms. The van der Waals surface area contributed by atoms with Crippen LogP contribution in [-0.2, 0) is 11.3 Å². The van der Waals surface area contributed by atoms with Crippen LogP contribution in [0.5, 0.6) is 11.5 Å². The van der Waals surface area contributed by atoms with Gasteiger partial charge in [-0.3, -0.25) is 18.7 Å². The Kier molecular flexibility index (Phi) is 5.68. The van der Waals surface area contributed by atoms with E-state index in [1.165, 1.54) is 25.1 Å². The number of carbonyl (C=O) groups is 1. The summed E-state index contributed by atoms with van der Waals surface area (Å²) in [4.78, 5) is 30.4. The van der Waals surface area contributed by atoms with E-state index < -0.39 is 0 Å². The summed E-state index contributed by atoms with van der Waals surface area (Å²) >= 11 is 0. The molecule has 0 bridgehead atoms. The minimum absolute atomic E-state index is 0.170. The number of methoxy groups -OCH3 is 2. The number of nitrogens with zero attached hydrogens (tertiary/aromatic N) is 3. The average Bonchev–Trinajstić information content (AvgIpc) is 3.06. The number of anilines is 1. The summed E-state index contributed by atoms with van der Waals surface area (Å²) < 4.78 is 13.7. The lowest BCUT2D eigenvalue weighted by Gasteiger charge is -2.11. The van der Waals surface area contributed by atoms with Gasteiger partial charge in [0.2, 0.25) is 5.91 Å². The lowest BCUT2D eigenvalue weighted by molar-refractivity contribution is -0.116. The Hall–Kier alpha value is -4.07. The molecular weight excluding hydrogens is 408 g/mol. The van der Waals surface area contributed by atoms with Crippen molar-refractivity contribution in [1.29, 1.82) is 0 Å². The van der Waals surface area contributed by atoms with Crippen molar-refractivity contribution in [3.8, 4) is 17.2 Å². The Labute approximate surface area is 185 Å². The number of rotatable bonds is 6. The summed E-state index contributed by atoms with van der Waals surface area (Å²) in [6, 6.07) is 14.8. The summed E-state index contributed by atoms with van der Waals surface area (Å²) in [5.74, 6) is 0.738. The van der Waals surface area contributed by atoms with E-state index in [4.69, 9.17) is 9.47 Å². The molecule has 8 heteroatoms. The maximum absolute atomic E-state index is 13.2. The van der Waals surface area contributed by atoms with Gasteiger partial charge in [-0.05, 0) is 31.5 Å². The highest BCUT2D eigenvalue weighted by atomic mass is 16.5. The second-order valence-corrected chi connectivity index (χ2v) is 7.41. The molecule has 0 saturated carbocycles. The van der Waals surface area contributed by atoms with Crippen molar-refractivity contribution in [2.45, 2.75) is 20.4 Å². The number of ether oxygens (including phenoxy) is 2. The van der Waals surface area contributed by atoms with Crippen molar-refractivity contribution < 1.29 is 14.3 Å². The number of amides is 1. The maximum atomic E-state index is 13.2. The third kappa shape index (κ3) is 3.82. The highest BCUT2D eigenvalue weighted by Crippen LogP contribution is 2.26. The molecular formula is C24H24N4O4. The van der Waals surface area contributed by atoms with Crippen LogP contribution in [0.3, 0.4) is 0 Å². The number of hydrogen-bond donors (Lipinski definition) is 1. The Morgan fingerprint density at radius 2 is 1.69 bits per heavy atom. The summed E-state index contributed by atoms with van der Waals surface area (Å²) in [7, 11) is 3.07. The lowest BCUT2D eigenvalue weighted by Crippen LogP contribution is -2.28. The highest BCUT2D eigenvalue weighted by Gasteiger charge is 2.18. The van der Waals surface area contributed by atoms with E-state index in [0.29, 0.717) is 28.2 Å². The quantitative estimate of drug-likeness (QED) is 0.504. The smallest absolute Gasteiger partial charge is 0.263 e. The van der Waals surface area contributed by atoms with Crippen LogP contribution in [0.4, 0.5) is 5.69 Å². The number of aryl methyl sites for hydroxylation is 1. The molecule has 0 unspecified atom stereocenters. The van der Waals surface area contributed by atoms with E-state index in [0.717, 1.165) is 16.9 Å². The molecule has 0 fully saturated rings. The molecule has 0 atom stereocenters. The molecule has 2 aromatic carbocycles. The molecule has 0 spiro atoms. The third-order valence-corrected chi connectivity index (χ3v) is 5.45. The lowest BCUT2D eigenvalue weighted by atomic mass is 10.2. The minimum Gasteiger partial charge on any atom is -0.497 e. The monoisotopic (exact) mass is 432 g/mol. The number of fused-ring (bicyclic) bond motifs is 1. The van der Waals surface area contributed by atoms with Gasteiger partial charge in [0.05, 0.1) is 19.6 Å². The van der Waals surface area contributed by atoms with Crippen LogP contribution in [0, 0.1) is 13.8 Å². The molecule has 8 nitrogen and oxygen atoms in total. The van der Waals surface area contributed by atoms with E-state index >= 15 is 0 Å². The van der Waals surface area contributed by atoms with Crippen LogP contribution in [0.25, 0.3) is 16.7 Å². The van der Waals surface area contributed by atoms with Gasteiger partial charge in [-0.25, -0.2) is 4.98 Å². The molecule has 0 aliphatic carbocycles. The fourth-order valence-corrected chi connectivity index (χ4v) is 3.73. The number of carbonyl (C=O) groups excluding carboxylic acids is 1. The van der Waals surface area contributed by atoms with Gasteiger partial charge in [-0.2, -0.15) is 0 Å². The van der Waals surface area contributed by atoms with E-state index in [1.807, 2.05) is 48.7 Å². The fourth-order valence-electron chi connectivity index (χ4n) is 3.73. The summed E-state index contributed by atoms with van der Waals surface area (Å²) in [5.41, 5.74) is 3.53. The first-order chi connectivity index (χ1) is 15.4.